The maximum atomic E-state index is 12.1. The SMILES string of the molecule is CN(C)CCCNc1ccc(NC(=O)Cc2ccc(Br)cc2)cn1. The van der Waals surface area contributed by atoms with E-state index in [1.807, 2.05) is 36.4 Å². The van der Waals surface area contributed by atoms with Gasteiger partial charge >= 0.3 is 0 Å². The fourth-order valence-corrected chi connectivity index (χ4v) is 2.44. The molecule has 0 radical (unpaired) electrons. The molecule has 1 heterocycles. The topological polar surface area (TPSA) is 57.3 Å². The monoisotopic (exact) mass is 390 g/mol. The van der Waals surface area contributed by atoms with Crippen molar-refractivity contribution in [2.24, 2.45) is 0 Å². The molecule has 1 aromatic carbocycles. The maximum Gasteiger partial charge on any atom is 0.228 e. The second kappa shape index (κ2) is 9.39. The van der Waals surface area contributed by atoms with Crippen molar-refractivity contribution < 1.29 is 4.79 Å². The Labute approximate surface area is 151 Å². The van der Waals surface area contributed by atoms with Gasteiger partial charge in [0, 0.05) is 11.0 Å². The van der Waals surface area contributed by atoms with Crippen LogP contribution in [0.5, 0.6) is 0 Å². The zero-order valence-electron chi connectivity index (χ0n) is 14.1. The second-order valence-electron chi connectivity index (χ2n) is 5.87. The Morgan fingerprint density at radius 1 is 1.17 bits per heavy atom. The molecule has 2 aromatic rings. The summed E-state index contributed by atoms with van der Waals surface area (Å²) in [5, 5.41) is 6.14. The normalized spacial score (nSPS) is 10.7. The van der Waals surface area contributed by atoms with Crippen LogP contribution in [0.1, 0.15) is 12.0 Å². The highest BCUT2D eigenvalue weighted by atomic mass is 79.9. The predicted molar refractivity (Wildman–Crippen MR) is 102 cm³/mol. The number of nitrogens with zero attached hydrogens (tertiary/aromatic N) is 2. The van der Waals surface area contributed by atoms with Crippen LogP contribution in [0, 0.1) is 0 Å². The molecule has 2 N–H and O–H groups in total. The number of aromatic nitrogens is 1. The number of carbonyl (C=O) groups is 1. The van der Waals surface area contributed by atoms with Crippen molar-refractivity contribution >= 4 is 33.3 Å². The molecule has 0 saturated carbocycles. The van der Waals surface area contributed by atoms with Crippen LogP contribution in [0.3, 0.4) is 0 Å². The summed E-state index contributed by atoms with van der Waals surface area (Å²) >= 11 is 3.38. The van der Waals surface area contributed by atoms with E-state index >= 15 is 0 Å². The Hall–Kier alpha value is -1.92. The van der Waals surface area contributed by atoms with E-state index in [0.29, 0.717) is 12.1 Å². The van der Waals surface area contributed by atoms with Crippen LogP contribution >= 0.6 is 15.9 Å². The van der Waals surface area contributed by atoms with Crippen LogP contribution in [-0.2, 0) is 11.2 Å². The number of anilines is 2. The Bertz CT molecular complexity index is 641. The summed E-state index contributed by atoms with van der Waals surface area (Å²) in [6.45, 7) is 1.91. The number of hydrogen-bond acceptors (Lipinski definition) is 4. The molecule has 0 aliphatic carbocycles. The van der Waals surface area contributed by atoms with Crippen molar-refractivity contribution in [2.75, 3.05) is 37.8 Å². The van der Waals surface area contributed by atoms with Gasteiger partial charge in [-0.25, -0.2) is 4.98 Å². The van der Waals surface area contributed by atoms with E-state index in [1.165, 1.54) is 0 Å². The molecule has 0 aliphatic rings. The number of nitrogens with one attached hydrogen (secondary N) is 2. The zero-order valence-corrected chi connectivity index (χ0v) is 15.6. The van der Waals surface area contributed by atoms with Gasteiger partial charge < -0.3 is 15.5 Å². The smallest absolute Gasteiger partial charge is 0.228 e. The zero-order chi connectivity index (χ0) is 17.4. The van der Waals surface area contributed by atoms with Gasteiger partial charge in [0.05, 0.1) is 18.3 Å². The molecule has 1 amide bonds. The van der Waals surface area contributed by atoms with Crippen molar-refractivity contribution in [1.29, 1.82) is 0 Å². The first-order chi connectivity index (χ1) is 11.5. The molecular weight excluding hydrogens is 368 g/mol. The summed E-state index contributed by atoms with van der Waals surface area (Å²) < 4.78 is 1.00. The molecule has 128 valence electrons. The average Bonchev–Trinajstić information content (AvgIpc) is 2.55. The number of hydrogen-bond donors (Lipinski definition) is 2. The van der Waals surface area contributed by atoms with Gasteiger partial charge in [-0.3, -0.25) is 4.79 Å². The molecule has 0 fully saturated rings. The van der Waals surface area contributed by atoms with Crippen molar-refractivity contribution in [3.05, 3.63) is 52.6 Å². The van der Waals surface area contributed by atoms with Gasteiger partial charge in [-0.2, -0.15) is 0 Å². The molecule has 6 heteroatoms. The first kappa shape index (κ1) is 18.4. The molecule has 1 aromatic heterocycles. The van der Waals surface area contributed by atoms with Crippen LogP contribution in [0.2, 0.25) is 0 Å². The third kappa shape index (κ3) is 6.68. The molecular formula is C18H23BrN4O. The lowest BCUT2D eigenvalue weighted by Crippen LogP contribution is -2.17. The van der Waals surface area contributed by atoms with E-state index in [2.05, 4.69) is 50.5 Å². The van der Waals surface area contributed by atoms with Gasteiger partial charge in [0.15, 0.2) is 0 Å². The minimum atomic E-state index is -0.0502. The molecule has 24 heavy (non-hydrogen) atoms. The number of carbonyl (C=O) groups excluding carboxylic acids is 1. The highest BCUT2D eigenvalue weighted by Gasteiger charge is 2.05. The summed E-state index contributed by atoms with van der Waals surface area (Å²) in [4.78, 5) is 18.5. The maximum absolute atomic E-state index is 12.1. The largest absolute Gasteiger partial charge is 0.370 e. The Morgan fingerprint density at radius 2 is 1.92 bits per heavy atom. The number of amides is 1. The van der Waals surface area contributed by atoms with Gasteiger partial charge in [0.2, 0.25) is 5.91 Å². The summed E-state index contributed by atoms with van der Waals surface area (Å²) in [6.07, 6.45) is 3.08. The lowest BCUT2D eigenvalue weighted by atomic mass is 10.1. The average molecular weight is 391 g/mol. The highest BCUT2D eigenvalue weighted by molar-refractivity contribution is 9.10. The fraction of sp³-hybridized carbons (Fsp3) is 0.333. The lowest BCUT2D eigenvalue weighted by molar-refractivity contribution is -0.115. The molecule has 0 aliphatic heterocycles. The summed E-state index contributed by atoms with van der Waals surface area (Å²) in [7, 11) is 4.12. The number of benzene rings is 1. The van der Waals surface area contributed by atoms with E-state index < -0.39 is 0 Å². The quantitative estimate of drug-likeness (QED) is 0.678. The van der Waals surface area contributed by atoms with Crippen molar-refractivity contribution in [2.45, 2.75) is 12.8 Å². The third-order valence-electron chi connectivity index (χ3n) is 3.41. The van der Waals surface area contributed by atoms with Gasteiger partial charge in [0.1, 0.15) is 5.82 Å². The van der Waals surface area contributed by atoms with Crippen LogP contribution < -0.4 is 10.6 Å². The Balaban J connectivity index is 1.78. The second-order valence-corrected chi connectivity index (χ2v) is 6.78. The van der Waals surface area contributed by atoms with E-state index in [-0.39, 0.29) is 5.91 Å². The van der Waals surface area contributed by atoms with Crippen molar-refractivity contribution in [1.82, 2.24) is 9.88 Å². The van der Waals surface area contributed by atoms with E-state index in [4.69, 9.17) is 0 Å². The molecule has 5 nitrogen and oxygen atoms in total. The van der Waals surface area contributed by atoms with E-state index in [1.54, 1.807) is 6.20 Å². The molecule has 0 spiro atoms. The molecule has 0 saturated heterocycles. The van der Waals surface area contributed by atoms with Crippen LogP contribution in [0.25, 0.3) is 0 Å². The first-order valence-corrected chi connectivity index (χ1v) is 8.71. The van der Waals surface area contributed by atoms with Gasteiger partial charge in [0.25, 0.3) is 0 Å². The Morgan fingerprint density at radius 3 is 2.54 bits per heavy atom. The molecule has 0 unspecified atom stereocenters. The third-order valence-corrected chi connectivity index (χ3v) is 3.94. The Kier molecular flexibility index (Phi) is 7.21. The standard InChI is InChI=1S/C18H23BrN4O/c1-23(2)11-3-10-20-17-9-8-16(13-21-17)22-18(24)12-14-4-6-15(19)7-5-14/h4-9,13H,3,10-12H2,1-2H3,(H,20,21)(H,22,24). The highest BCUT2D eigenvalue weighted by Crippen LogP contribution is 2.13. The summed E-state index contributed by atoms with van der Waals surface area (Å²) in [6, 6.07) is 11.5. The van der Waals surface area contributed by atoms with Crippen molar-refractivity contribution in [3.8, 4) is 0 Å². The van der Waals surface area contributed by atoms with E-state index in [9.17, 15) is 4.79 Å². The van der Waals surface area contributed by atoms with Gasteiger partial charge in [-0.05, 0) is 56.9 Å². The summed E-state index contributed by atoms with van der Waals surface area (Å²) in [5.74, 6) is 0.769. The molecule has 2 rings (SSSR count). The van der Waals surface area contributed by atoms with E-state index in [0.717, 1.165) is 35.4 Å². The number of rotatable bonds is 8. The minimum absolute atomic E-state index is 0.0502. The van der Waals surface area contributed by atoms with Crippen LogP contribution in [0.4, 0.5) is 11.5 Å². The van der Waals surface area contributed by atoms with Gasteiger partial charge in [-0.1, -0.05) is 28.1 Å². The van der Waals surface area contributed by atoms with Gasteiger partial charge in [-0.15, -0.1) is 0 Å². The lowest BCUT2D eigenvalue weighted by Gasteiger charge is -2.10. The molecule has 0 bridgehead atoms. The molecule has 0 atom stereocenters. The van der Waals surface area contributed by atoms with Crippen LogP contribution in [0.15, 0.2) is 47.1 Å². The van der Waals surface area contributed by atoms with Crippen molar-refractivity contribution in [3.63, 3.8) is 0 Å². The number of pyridine rings is 1. The predicted octanol–water partition coefficient (Wildman–Crippen LogP) is 3.39. The fourth-order valence-electron chi connectivity index (χ4n) is 2.18. The number of halogens is 1. The summed E-state index contributed by atoms with van der Waals surface area (Å²) in [5.41, 5.74) is 1.68. The van der Waals surface area contributed by atoms with Crippen LogP contribution in [-0.4, -0.2) is 43.0 Å². The minimum Gasteiger partial charge on any atom is -0.370 e. The first-order valence-electron chi connectivity index (χ1n) is 7.92.